The predicted molar refractivity (Wildman–Crippen MR) is 91.0 cm³/mol. The molecule has 1 aromatic carbocycles. The Morgan fingerprint density at radius 2 is 1.35 bits per heavy atom. The predicted octanol–water partition coefficient (Wildman–Crippen LogP) is 4.98. The van der Waals surface area contributed by atoms with Gasteiger partial charge in [0.1, 0.15) is 11.4 Å². The van der Waals surface area contributed by atoms with Gasteiger partial charge in [-0.1, -0.05) is 17.7 Å². The van der Waals surface area contributed by atoms with E-state index in [1.165, 1.54) is 16.7 Å². The molecule has 114 valence electrons. The van der Waals surface area contributed by atoms with Crippen LogP contribution in [0.4, 0.5) is 17.1 Å². The molecule has 0 saturated heterocycles. The van der Waals surface area contributed by atoms with Gasteiger partial charge in [-0.15, -0.1) is 0 Å². The maximum Gasteiger partial charge on any atom is 0.245 e. The lowest BCUT2D eigenvalue weighted by atomic mass is 10.0. The van der Waals surface area contributed by atoms with E-state index in [4.69, 9.17) is 4.74 Å². The van der Waals surface area contributed by atoms with Crippen LogP contribution in [0.15, 0.2) is 48.8 Å². The number of ether oxygens (including phenoxy) is 1. The van der Waals surface area contributed by atoms with E-state index in [1.54, 1.807) is 12.4 Å². The average molecular weight is 303 g/mol. The van der Waals surface area contributed by atoms with Crippen LogP contribution in [0.25, 0.3) is 0 Å². The first-order valence-electron chi connectivity index (χ1n) is 7.61. The molecule has 0 aliphatic carbocycles. The molecular formula is C19H17N3O. The number of hydrogen-bond acceptors (Lipinski definition) is 4. The lowest BCUT2D eigenvalue weighted by Crippen LogP contribution is -2.19. The van der Waals surface area contributed by atoms with Gasteiger partial charge < -0.3 is 9.64 Å². The minimum absolute atomic E-state index is 0.582. The van der Waals surface area contributed by atoms with Crippen molar-refractivity contribution in [3.63, 3.8) is 0 Å². The van der Waals surface area contributed by atoms with Gasteiger partial charge in [0.15, 0.2) is 0 Å². The van der Waals surface area contributed by atoms with Gasteiger partial charge in [0, 0.05) is 12.4 Å². The zero-order chi connectivity index (χ0) is 16.0. The van der Waals surface area contributed by atoms with Gasteiger partial charge in [-0.25, -0.2) is 9.97 Å². The van der Waals surface area contributed by atoms with Crippen LogP contribution in [0.1, 0.15) is 16.7 Å². The maximum atomic E-state index is 5.87. The Balaban J connectivity index is 2.02. The van der Waals surface area contributed by atoms with Crippen LogP contribution in [0.3, 0.4) is 0 Å². The van der Waals surface area contributed by atoms with E-state index in [2.05, 4.69) is 47.8 Å². The van der Waals surface area contributed by atoms with E-state index in [-0.39, 0.29) is 0 Å². The number of aryl methyl sites for hydroxylation is 3. The van der Waals surface area contributed by atoms with Crippen molar-refractivity contribution in [1.29, 1.82) is 0 Å². The molecule has 1 aliphatic heterocycles. The molecule has 3 aromatic rings. The second-order valence-electron chi connectivity index (χ2n) is 5.84. The molecule has 4 nitrogen and oxygen atoms in total. The summed E-state index contributed by atoms with van der Waals surface area (Å²) in [5, 5.41) is 0. The molecule has 3 heterocycles. The standard InChI is InChI=1S/C19H17N3O/c1-12-10-13(2)17(14(3)11-12)22-15-6-4-8-20-18(15)23-19-16(22)7-5-9-21-19/h4-11H,1-3H3. The quantitative estimate of drug-likeness (QED) is 0.497. The van der Waals surface area contributed by atoms with Crippen LogP contribution in [0, 0.1) is 20.8 Å². The van der Waals surface area contributed by atoms with E-state index >= 15 is 0 Å². The molecule has 0 bridgehead atoms. The molecule has 0 N–H and O–H groups in total. The summed E-state index contributed by atoms with van der Waals surface area (Å²) in [6.07, 6.45) is 3.47. The second-order valence-corrected chi connectivity index (χ2v) is 5.84. The summed E-state index contributed by atoms with van der Waals surface area (Å²) in [6.45, 7) is 6.39. The molecule has 4 heteroatoms. The van der Waals surface area contributed by atoms with Gasteiger partial charge in [0.25, 0.3) is 0 Å². The Kier molecular flexibility index (Phi) is 3.05. The molecule has 2 aromatic heterocycles. The zero-order valence-corrected chi connectivity index (χ0v) is 13.4. The summed E-state index contributed by atoms with van der Waals surface area (Å²) in [5.74, 6) is 1.16. The Bertz CT molecular complexity index is 836. The highest BCUT2D eigenvalue weighted by Crippen LogP contribution is 2.49. The van der Waals surface area contributed by atoms with E-state index in [9.17, 15) is 0 Å². The highest BCUT2D eigenvalue weighted by Gasteiger charge is 2.29. The number of nitrogens with zero attached hydrogens (tertiary/aromatic N) is 3. The summed E-state index contributed by atoms with van der Waals surface area (Å²) < 4.78 is 5.87. The fourth-order valence-corrected chi connectivity index (χ4v) is 3.25. The van der Waals surface area contributed by atoms with Gasteiger partial charge >= 0.3 is 0 Å². The molecule has 0 radical (unpaired) electrons. The number of fused-ring (bicyclic) bond motifs is 2. The third kappa shape index (κ3) is 2.14. The number of benzene rings is 1. The smallest absolute Gasteiger partial charge is 0.245 e. The molecule has 0 amide bonds. The Morgan fingerprint density at radius 1 is 0.826 bits per heavy atom. The lowest BCUT2D eigenvalue weighted by molar-refractivity contribution is 0.439. The summed E-state index contributed by atoms with van der Waals surface area (Å²) in [6, 6.07) is 12.3. The minimum atomic E-state index is 0.582. The van der Waals surface area contributed by atoms with Crippen molar-refractivity contribution in [2.75, 3.05) is 4.90 Å². The first kappa shape index (κ1) is 13.8. The molecule has 0 fully saturated rings. The third-order valence-electron chi connectivity index (χ3n) is 4.04. The van der Waals surface area contributed by atoms with Crippen molar-refractivity contribution in [3.8, 4) is 11.8 Å². The zero-order valence-electron chi connectivity index (χ0n) is 13.4. The van der Waals surface area contributed by atoms with Crippen molar-refractivity contribution >= 4 is 17.1 Å². The van der Waals surface area contributed by atoms with Gasteiger partial charge in [0.2, 0.25) is 11.8 Å². The van der Waals surface area contributed by atoms with E-state index in [0.29, 0.717) is 11.8 Å². The molecule has 4 rings (SSSR count). The Hall–Kier alpha value is -2.88. The van der Waals surface area contributed by atoms with Crippen LogP contribution in [-0.4, -0.2) is 9.97 Å². The summed E-state index contributed by atoms with van der Waals surface area (Å²) in [5.41, 5.74) is 6.71. The van der Waals surface area contributed by atoms with Crippen LogP contribution < -0.4 is 9.64 Å². The number of rotatable bonds is 1. The molecule has 0 atom stereocenters. The van der Waals surface area contributed by atoms with Crippen molar-refractivity contribution in [3.05, 3.63) is 65.5 Å². The number of anilines is 3. The number of hydrogen-bond donors (Lipinski definition) is 0. The van der Waals surface area contributed by atoms with Crippen LogP contribution >= 0.6 is 0 Å². The topological polar surface area (TPSA) is 38.2 Å². The fraction of sp³-hybridized carbons (Fsp3) is 0.158. The monoisotopic (exact) mass is 303 g/mol. The maximum absolute atomic E-state index is 5.87. The first-order valence-corrected chi connectivity index (χ1v) is 7.61. The van der Waals surface area contributed by atoms with Crippen LogP contribution in [-0.2, 0) is 0 Å². The molecule has 1 aliphatic rings. The lowest BCUT2D eigenvalue weighted by Gasteiger charge is -2.33. The molecular weight excluding hydrogens is 286 g/mol. The second kappa shape index (κ2) is 5.09. The van der Waals surface area contributed by atoms with E-state index in [0.717, 1.165) is 17.1 Å². The fourth-order valence-electron chi connectivity index (χ4n) is 3.25. The van der Waals surface area contributed by atoms with Gasteiger partial charge in [-0.05, 0) is 56.2 Å². The van der Waals surface area contributed by atoms with E-state index < -0.39 is 0 Å². The SMILES string of the molecule is Cc1cc(C)c(N2c3cccnc3Oc3ncccc32)c(C)c1. The highest BCUT2D eigenvalue weighted by molar-refractivity contribution is 5.86. The number of pyridine rings is 2. The van der Waals surface area contributed by atoms with Crippen molar-refractivity contribution in [1.82, 2.24) is 9.97 Å². The highest BCUT2D eigenvalue weighted by atomic mass is 16.5. The van der Waals surface area contributed by atoms with Gasteiger partial charge in [-0.3, -0.25) is 0 Å². The Labute approximate surface area is 135 Å². The summed E-state index contributed by atoms with van der Waals surface area (Å²) >= 11 is 0. The normalized spacial score (nSPS) is 12.4. The molecule has 0 unspecified atom stereocenters. The van der Waals surface area contributed by atoms with Gasteiger partial charge in [0.05, 0.1) is 5.69 Å². The van der Waals surface area contributed by atoms with Crippen LogP contribution in [0.5, 0.6) is 11.8 Å². The largest absolute Gasteiger partial charge is 0.416 e. The minimum Gasteiger partial charge on any atom is -0.416 e. The summed E-state index contributed by atoms with van der Waals surface area (Å²) in [7, 11) is 0. The molecule has 0 saturated carbocycles. The average Bonchev–Trinajstić information content (AvgIpc) is 2.53. The van der Waals surface area contributed by atoms with Crippen molar-refractivity contribution in [2.45, 2.75) is 20.8 Å². The first-order chi connectivity index (χ1) is 11.1. The van der Waals surface area contributed by atoms with Crippen molar-refractivity contribution < 1.29 is 4.74 Å². The molecule has 0 spiro atoms. The Morgan fingerprint density at radius 3 is 1.87 bits per heavy atom. The molecule has 23 heavy (non-hydrogen) atoms. The van der Waals surface area contributed by atoms with Gasteiger partial charge in [-0.2, -0.15) is 0 Å². The van der Waals surface area contributed by atoms with Crippen LogP contribution in [0.2, 0.25) is 0 Å². The third-order valence-corrected chi connectivity index (χ3v) is 4.04. The van der Waals surface area contributed by atoms with E-state index in [1.807, 2.05) is 24.3 Å². The summed E-state index contributed by atoms with van der Waals surface area (Å²) in [4.78, 5) is 10.9. The number of aromatic nitrogens is 2. The van der Waals surface area contributed by atoms with Crippen molar-refractivity contribution in [2.24, 2.45) is 0 Å².